The molecule has 1 aromatic rings. The summed E-state index contributed by atoms with van der Waals surface area (Å²) in [5, 5.41) is 10.2. The van der Waals surface area contributed by atoms with Crippen LogP contribution in [0.1, 0.15) is 57.9 Å². The van der Waals surface area contributed by atoms with Gasteiger partial charge < -0.3 is 10.0 Å². The SMILES string of the molecule is CC(C)(O)CC1Cc2ccccc2N1C1CCCCC1. The number of rotatable bonds is 3. The summed E-state index contributed by atoms with van der Waals surface area (Å²) in [5.41, 5.74) is 2.31. The van der Waals surface area contributed by atoms with Gasteiger partial charge in [-0.15, -0.1) is 0 Å². The minimum atomic E-state index is -0.584. The molecule has 1 fully saturated rings. The Morgan fingerprint density at radius 1 is 1.15 bits per heavy atom. The van der Waals surface area contributed by atoms with Gasteiger partial charge in [0.15, 0.2) is 0 Å². The first-order valence-electron chi connectivity index (χ1n) is 8.13. The molecule has 1 N–H and O–H groups in total. The van der Waals surface area contributed by atoms with Gasteiger partial charge in [-0.2, -0.15) is 0 Å². The lowest BCUT2D eigenvalue weighted by Gasteiger charge is -2.39. The lowest BCUT2D eigenvalue weighted by molar-refractivity contribution is 0.0622. The van der Waals surface area contributed by atoms with E-state index in [4.69, 9.17) is 0 Å². The molecule has 0 amide bonds. The molecule has 1 aliphatic carbocycles. The Morgan fingerprint density at radius 2 is 1.85 bits per heavy atom. The fourth-order valence-electron chi connectivity index (χ4n) is 4.09. The molecule has 1 atom stereocenters. The van der Waals surface area contributed by atoms with Gasteiger partial charge in [-0.05, 0) is 51.2 Å². The highest BCUT2D eigenvalue weighted by Crippen LogP contribution is 2.39. The quantitative estimate of drug-likeness (QED) is 0.902. The maximum atomic E-state index is 10.2. The Labute approximate surface area is 122 Å². The van der Waals surface area contributed by atoms with Crippen LogP contribution in [-0.2, 0) is 6.42 Å². The van der Waals surface area contributed by atoms with Crippen LogP contribution in [0.25, 0.3) is 0 Å². The predicted octanol–water partition coefficient (Wildman–Crippen LogP) is 3.91. The Kier molecular flexibility index (Phi) is 3.76. The molecule has 1 aliphatic heterocycles. The average molecular weight is 273 g/mol. The van der Waals surface area contributed by atoms with Gasteiger partial charge >= 0.3 is 0 Å². The fraction of sp³-hybridized carbons (Fsp3) is 0.667. The molecule has 0 spiro atoms. The van der Waals surface area contributed by atoms with Crippen molar-refractivity contribution in [3.8, 4) is 0 Å². The molecule has 0 radical (unpaired) electrons. The van der Waals surface area contributed by atoms with E-state index in [9.17, 15) is 5.11 Å². The van der Waals surface area contributed by atoms with E-state index in [1.165, 1.54) is 43.4 Å². The van der Waals surface area contributed by atoms with Crippen LogP contribution >= 0.6 is 0 Å². The highest BCUT2D eigenvalue weighted by Gasteiger charge is 2.36. The minimum Gasteiger partial charge on any atom is -0.390 e. The molecule has 3 rings (SSSR count). The lowest BCUT2D eigenvalue weighted by Crippen LogP contribution is -2.45. The molecule has 2 heteroatoms. The molecule has 1 aromatic carbocycles. The molecule has 1 unspecified atom stereocenters. The minimum absolute atomic E-state index is 0.468. The number of benzene rings is 1. The van der Waals surface area contributed by atoms with E-state index < -0.39 is 5.60 Å². The normalized spacial score (nSPS) is 23.9. The number of fused-ring (bicyclic) bond motifs is 1. The highest BCUT2D eigenvalue weighted by molar-refractivity contribution is 5.60. The summed E-state index contributed by atoms with van der Waals surface area (Å²) in [6.45, 7) is 3.88. The van der Waals surface area contributed by atoms with E-state index in [1.54, 1.807) is 0 Å². The first kappa shape index (κ1) is 13.9. The molecule has 2 nitrogen and oxygen atoms in total. The van der Waals surface area contributed by atoms with Gasteiger partial charge in [0.1, 0.15) is 0 Å². The Hall–Kier alpha value is -1.02. The van der Waals surface area contributed by atoms with Gasteiger partial charge in [-0.25, -0.2) is 0 Å². The van der Waals surface area contributed by atoms with Crippen LogP contribution in [-0.4, -0.2) is 22.8 Å². The van der Waals surface area contributed by atoms with Crippen LogP contribution in [0.4, 0.5) is 5.69 Å². The highest BCUT2D eigenvalue weighted by atomic mass is 16.3. The summed E-state index contributed by atoms with van der Waals surface area (Å²) in [5.74, 6) is 0. The molecule has 0 bridgehead atoms. The summed E-state index contributed by atoms with van der Waals surface area (Å²) in [4.78, 5) is 2.65. The van der Waals surface area contributed by atoms with Crippen molar-refractivity contribution in [2.45, 2.75) is 76.5 Å². The fourth-order valence-corrected chi connectivity index (χ4v) is 4.09. The molecule has 0 aromatic heterocycles. The van der Waals surface area contributed by atoms with E-state index in [2.05, 4.69) is 29.2 Å². The van der Waals surface area contributed by atoms with Crippen LogP contribution < -0.4 is 4.90 Å². The number of aliphatic hydroxyl groups is 1. The summed E-state index contributed by atoms with van der Waals surface area (Å²) in [6, 6.07) is 9.98. The van der Waals surface area contributed by atoms with Crippen molar-refractivity contribution in [3.63, 3.8) is 0 Å². The third-order valence-corrected chi connectivity index (χ3v) is 4.82. The largest absolute Gasteiger partial charge is 0.390 e. The first-order valence-corrected chi connectivity index (χ1v) is 8.13. The molecule has 1 saturated carbocycles. The molecule has 110 valence electrons. The zero-order valence-corrected chi connectivity index (χ0v) is 12.8. The molecule has 0 saturated heterocycles. The zero-order chi connectivity index (χ0) is 14.2. The third-order valence-electron chi connectivity index (χ3n) is 4.82. The van der Waals surface area contributed by atoms with Crippen molar-refractivity contribution < 1.29 is 5.11 Å². The number of hydrogen-bond acceptors (Lipinski definition) is 2. The number of para-hydroxylation sites is 1. The number of hydrogen-bond donors (Lipinski definition) is 1. The van der Waals surface area contributed by atoms with Crippen molar-refractivity contribution in [1.82, 2.24) is 0 Å². The standard InChI is InChI=1S/C18H27NO/c1-18(2,20)13-16-12-14-8-6-7-11-17(14)19(16)15-9-4-3-5-10-15/h6-8,11,15-16,20H,3-5,9-10,12-13H2,1-2H3. The molecule has 1 heterocycles. The first-order chi connectivity index (χ1) is 9.54. The second-order valence-corrected chi connectivity index (χ2v) is 7.20. The van der Waals surface area contributed by atoms with E-state index in [1.807, 2.05) is 13.8 Å². The van der Waals surface area contributed by atoms with Gasteiger partial charge in [-0.1, -0.05) is 37.5 Å². The summed E-state index contributed by atoms with van der Waals surface area (Å²) in [6.07, 6.45) is 8.70. The zero-order valence-electron chi connectivity index (χ0n) is 12.8. The van der Waals surface area contributed by atoms with Gasteiger partial charge in [0.2, 0.25) is 0 Å². The predicted molar refractivity (Wildman–Crippen MR) is 84.2 cm³/mol. The van der Waals surface area contributed by atoms with Crippen LogP contribution in [0.3, 0.4) is 0 Å². The van der Waals surface area contributed by atoms with Crippen LogP contribution in [0.2, 0.25) is 0 Å². The summed E-state index contributed by atoms with van der Waals surface area (Å²) in [7, 11) is 0. The number of nitrogens with zero attached hydrogens (tertiary/aromatic N) is 1. The van der Waals surface area contributed by atoms with Crippen molar-refractivity contribution in [1.29, 1.82) is 0 Å². The third kappa shape index (κ3) is 2.85. The Morgan fingerprint density at radius 3 is 2.55 bits per heavy atom. The molecular formula is C18H27NO. The maximum Gasteiger partial charge on any atom is 0.0611 e. The van der Waals surface area contributed by atoms with E-state index in [0.717, 1.165) is 12.8 Å². The molecule has 20 heavy (non-hydrogen) atoms. The van der Waals surface area contributed by atoms with Gasteiger partial charge in [0, 0.05) is 17.8 Å². The average Bonchev–Trinajstić information content (AvgIpc) is 2.75. The van der Waals surface area contributed by atoms with Gasteiger partial charge in [0.25, 0.3) is 0 Å². The van der Waals surface area contributed by atoms with E-state index in [-0.39, 0.29) is 0 Å². The smallest absolute Gasteiger partial charge is 0.0611 e. The maximum absolute atomic E-state index is 10.2. The van der Waals surface area contributed by atoms with Gasteiger partial charge in [0.05, 0.1) is 5.60 Å². The second-order valence-electron chi connectivity index (χ2n) is 7.20. The summed E-state index contributed by atoms with van der Waals surface area (Å²) >= 11 is 0. The molecule has 2 aliphatic rings. The van der Waals surface area contributed by atoms with Crippen molar-refractivity contribution in [2.24, 2.45) is 0 Å². The van der Waals surface area contributed by atoms with Crippen molar-refractivity contribution >= 4 is 5.69 Å². The molecular weight excluding hydrogens is 246 g/mol. The Bertz CT molecular complexity index is 457. The Balaban J connectivity index is 1.87. The van der Waals surface area contributed by atoms with Crippen molar-refractivity contribution in [3.05, 3.63) is 29.8 Å². The van der Waals surface area contributed by atoms with E-state index in [0.29, 0.717) is 12.1 Å². The van der Waals surface area contributed by atoms with Gasteiger partial charge in [-0.3, -0.25) is 0 Å². The topological polar surface area (TPSA) is 23.5 Å². The monoisotopic (exact) mass is 273 g/mol. The van der Waals surface area contributed by atoms with Crippen LogP contribution in [0.5, 0.6) is 0 Å². The number of anilines is 1. The summed E-state index contributed by atoms with van der Waals surface area (Å²) < 4.78 is 0. The van der Waals surface area contributed by atoms with E-state index >= 15 is 0 Å². The lowest BCUT2D eigenvalue weighted by atomic mass is 9.91. The van der Waals surface area contributed by atoms with Crippen LogP contribution in [0.15, 0.2) is 24.3 Å². The van der Waals surface area contributed by atoms with Crippen molar-refractivity contribution in [2.75, 3.05) is 4.90 Å². The second kappa shape index (κ2) is 5.40. The van der Waals surface area contributed by atoms with Crippen LogP contribution in [0, 0.1) is 0 Å².